The van der Waals surface area contributed by atoms with Gasteiger partial charge in [0.2, 0.25) is 0 Å². The highest BCUT2D eigenvalue weighted by Gasteiger charge is 2.50. The van der Waals surface area contributed by atoms with Gasteiger partial charge in [0.25, 0.3) is 5.91 Å². The molecule has 2 aliphatic heterocycles. The van der Waals surface area contributed by atoms with Crippen molar-refractivity contribution in [3.05, 3.63) is 60.7 Å². The van der Waals surface area contributed by atoms with Crippen LogP contribution in [-0.2, 0) is 14.3 Å². The van der Waals surface area contributed by atoms with Crippen LogP contribution in [0.25, 0.3) is 11.4 Å². The summed E-state index contributed by atoms with van der Waals surface area (Å²) in [6.07, 6.45) is -0.500. The highest BCUT2D eigenvalue weighted by molar-refractivity contribution is 5.78. The van der Waals surface area contributed by atoms with Crippen molar-refractivity contribution in [3.63, 3.8) is 0 Å². The first-order chi connectivity index (χ1) is 14.8. The van der Waals surface area contributed by atoms with Gasteiger partial charge in [-0.1, -0.05) is 48.5 Å². The third-order valence-electron chi connectivity index (χ3n) is 5.33. The van der Waals surface area contributed by atoms with Gasteiger partial charge in [-0.25, -0.2) is 4.68 Å². The second kappa shape index (κ2) is 8.21. The van der Waals surface area contributed by atoms with Crippen LogP contribution >= 0.6 is 0 Å². The van der Waals surface area contributed by atoms with Crippen molar-refractivity contribution >= 4 is 5.91 Å². The zero-order valence-corrected chi connectivity index (χ0v) is 16.1. The van der Waals surface area contributed by atoms with E-state index in [1.807, 2.05) is 60.7 Å². The molecule has 2 aromatic carbocycles. The van der Waals surface area contributed by atoms with Gasteiger partial charge in [0, 0.05) is 5.56 Å². The first kappa shape index (κ1) is 18.7. The smallest absolute Gasteiger partial charge is 0.258 e. The molecule has 0 radical (unpaired) electrons. The number of para-hydroxylation sites is 1. The number of nitrogens with zero attached hydrogens (tertiary/aromatic N) is 4. The Kier molecular flexibility index (Phi) is 5.12. The Morgan fingerprint density at radius 3 is 2.57 bits per heavy atom. The van der Waals surface area contributed by atoms with Gasteiger partial charge >= 0.3 is 0 Å². The van der Waals surface area contributed by atoms with Gasteiger partial charge in [-0.05, 0) is 22.6 Å². The lowest BCUT2D eigenvalue weighted by Gasteiger charge is -2.18. The zero-order valence-electron chi connectivity index (χ0n) is 16.1. The van der Waals surface area contributed by atoms with Crippen LogP contribution in [0.2, 0.25) is 0 Å². The number of aromatic nitrogens is 4. The van der Waals surface area contributed by atoms with E-state index in [2.05, 4.69) is 20.8 Å². The summed E-state index contributed by atoms with van der Waals surface area (Å²) < 4.78 is 19.2. The van der Waals surface area contributed by atoms with E-state index in [0.29, 0.717) is 24.8 Å². The summed E-state index contributed by atoms with van der Waals surface area (Å²) in [4.78, 5) is 12.3. The molecule has 5 rings (SSSR count). The monoisotopic (exact) mass is 407 g/mol. The number of benzene rings is 2. The highest BCUT2D eigenvalue weighted by atomic mass is 16.6. The summed E-state index contributed by atoms with van der Waals surface area (Å²) in [5.74, 6) is 1.10. The zero-order chi connectivity index (χ0) is 20.3. The molecule has 154 valence electrons. The molecule has 2 aliphatic rings. The van der Waals surface area contributed by atoms with Crippen molar-refractivity contribution in [2.45, 2.75) is 24.3 Å². The molecule has 2 fully saturated rings. The van der Waals surface area contributed by atoms with Crippen molar-refractivity contribution < 1.29 is 19.0 Å². The molecule has 0 spiro atoms. The van der Waals surface area contributed by atoms with Gasteiger partial charge in [-0.2, -0.15) is 0 Å². The summed E-state index contributed by atoms with van der Waals surface area (Å²) in [5.41, 5.74) is 0.923. The van der Waals surface area contributed by atoms with Gasteiger partial charge in [0.1, 0.15) is 24.0 Å². The van der Waals surface area contributed by atoms with Crippen LogP contribution in [0.15, 0.2) is 60.7 Å². The number of hydrogen-bond acceptors (Lipinski definition) is 7. The molecule has 1 amide bonds. The Morgan fingerprint density at radius 2 is 1.77 bits per heavy atom. The van der Waals surface area contributed by atoms with Crippen LogP contribution in [0.1, 0.15) is 6.04 Å². The lowest BCUT2D eigenvalue weighted by Crippen LogP contribution is -2.45. The van der Waals surface area contributed by atoms with Crippen molar-refractivity contribution in [2.24, 2.45) is 0 Å². The minimum absolute atomic E-state index is 0.0630. The molecular formula is C21H21N5O4. The van der Waals surface area contributed by atoms with Crippen molar-refractivity contribution in [2.75, 3.05) is 19.8 Å². The van der Waals surface area contributed by atoms with E-state index in [1.54, 1.807) is 4.68 Å². The molecule has 0 unspecified atom stereocenters. The lowest BCUT2D eigenvalue weighted by atomic mass is 10.1. The molecule has 1 aromatic heterocycles. The number of ether oxygens (including phenoxy) is 3. The summed E-state index contributed by atoms with van der Waals surface area (Å²) in [6, 6.07) is 18.6. The molecular weight excluding hydrogens is 386 g/mol. The first-order valence-electron chi connectivity index (χ1n) is 9.83. The normalized spacial score (nSPS) is 25.1. The fourth-order valence-corrected chi connectivity index (χ4v) is 3.92. The SMILES string of the molecule is O=C(COc1ccccc1)N[C@H]1CO[C@H]2[C@@H]1OC[C@@H]2n1nnnc1-c1ccccc1. The summed E-state index contributed by atoms with van der Waals surface area (Å²) >= 11 is 0. The van der Waals surface area contributed by atoms with Gasteiger partial charge in [0.05, 0.1) is 19.3 Å². The van der Waals surface area contributed by atoms with Gasteiger partial charge in [-0.15, -0.1) is 5.10 Å². The predicted molar refractivity (Wildman–Crippen MR) is 106 cm³/mol. The summed E-state index contributed by atoms with van der Waals surface area (Å²) in [7, 11) is 0. The number of hydrogen-bond donors (Lipinski definition) is 1. The quantitative estimate of drug-likeness (QED) is 0.656. The largest absolute Gasteiger partial charge is 0.484 e. The third kappa shape index (κ3) is 3.64. The Bertz CT molecular complexity index is 997. The van der Waals surface area contributed by atoms with Crippen molar-refractivity contribution in [1.29, 1.82) is 0 Å². The van der Waals surface area contributed by atoms with Crippen molar-refractivity contribution in [3.8, 4) is 17.1 Å². The average Bonchev–Trinajstić information content (AvgIpc) is 3.51. The highest BCUT2D eigenvalue weighted by Crippen LogP contribution is 2.35. The molecule has 0 saturated carbocycles. The topological polar surface area (TPSA) is 100 Å². The van der Waals surface area contributed by atoms with Gasteiger partial charge in [0.15, 0.2) is 12.4 Å². The number of tetrazole rings is 1. The van der Waals surface area contributed by atoms with E-state index >= 15 is 0 Å². The van der Waals surface area contributed by atoms with E-state index in [4.69, 9.17) is 14.2 Å². The van der Waals surface area contributed by atoms with Crippen LogP contribution in [-0.4, -0.2) is 64.2 Å². The van der Waals surface area contributed by atoms with Gasteiger partial charge in [-0.3, -0.25) is 4.79 Å². The fourth-order valence-electron chi connectivity index (χ4n) is 3.92. The van der Waals surface area contributed by atoms with Crippen LogP contribution in [0.5, 0.6) is 5.75 Å². The Labute approximate surface area is 172 Å². The molecule has 9 heteroatoms. The lowest BCUT2D eigenvalue weighted by molar-refractivity contribution is -0.124. The molecule has 30 heavy (non-hydrogen) atoms. The maximum Gasteiger partial charge on any atom is 0.258 e. The van der Waals surface area contributed by atoms with Gasteiger partial charge < -0.3 is 19.5 Å². The number of amides is 1. The molecule has 3 aromatic rings. The molecule has 3 heterocycles. The van der Waals surface area contributed by atoms with Crippen LogP contribution < -0.4 is 10.1 Å². The second-order valence-corrected chi connectivity index (χ2v) is 7.25. The molecule has 0 bridgehead atoms. The minimum Gasteiger partial charge on any atom is -0.484 e. The van der Waals surface area contributed by atoms with E-state index in [0.717, 1.165) is 5.56 Å². The molecule has 9 nitrogen and oxygen atoms in total. The molecule has 4 atom stereocenters. The summed E-state index contributed by atoms with van der Waals surface area (Å²) in [5, 5.41) is 15.1. The number of rotatable bonds is 6. The third-order valence-corrected chi connectivity index (χ3v) is 5.33. The second-order valence-electron chi connectivity index (χ2n) is 7.25. The number of fused-ring (bicyclic) bond motifs is 1. The van der Waals surface area contributed by atoms with E-state index in [-0.39, 0.29) is 36.8 Å². The maximum atomic E-state index is 12.3. The molecule has 1 N–H and O–H groups in total. The minimum atomic E-state index is -0.261. The Hall–Kier alpha value is -3.30. The Balaban J connectivity index is 1.23. The molecule has 2 saturated heterocycles. The van der Waals surface area contributed by atoms with E-state index in [1.165, 1.54) is 0 Å². The van der Waals surface area contributed by atoms with E-state index < -0.39 is 0 Å². The first-order valence-corrected chi connectivity index (χ1v) is 9.83. The molecule has 0 aliphatic carbocycles. The number of carbonyl (C=O) groups is 1. The number of nitrogens with one attached hydrogen (secondary N) is 1. The van der Waals surface area contributed by atoms with Crippen molar-refractivity contribution in [1.82, 2.24) is 25.5 Å². The number of carbonyl (C=O) groups excluding carboxylic acids is 1. The van der Waals surface area contributed by atoms with Crippen LogP contribution in [0.3, 0.4) is 0 Å². The average molecular weight is 407 g/mol. The standard InChI is InChI=1S/C21H21N5O4/c27-18(13-28-15-9-5-2-6-10-15)22-16-11-29-20-17(12-30-19(16)20)26-21(23-24-25-26)14-7-3-1-4-8-14/h1-10,16-17,19-20H,11-13H2,(H,22,27)/t16-,17-,19+,20+/m0/s1. The Morgan fingerprint density at radius 1 is 1.03 bits per heavy atom. The maximum absolute atomic E-state index is 12.3. The van der Waals surface area contributed by atoms with Crippen LogP contribution in [0, 0.1) is 0 Å². The summed E-state index contributed by atoms with van der Waals surface area (Å²) in [6.45, 7) is 0.714. The predicted octanol–water partition coefficient (Wildman–Crippen LogP) is 1.24. The van der Waals surface area contributed by atoms with Crippen LogP contribution in [0.4, 0.5) is 0 Å². The van der Waals surface area contributed by atoms with E-state index in [9.17, 15) is 4.79 Å². The fraction of sp³-hybridized carbons (Fsp3) is 0.333.